The third-order valence-electron chi connectivity index (χ3n) is 5.65. The number of carbonyl (C=O) groups is 1. The summed E-state index contributed by atoms with van der Waals surface area (Å²) in [6.07, 6.45) is 6.88. The van der Waals surface area contributed by atoms with Gasteiger partial charge in [0.25, 0.3) is 5.91 Å². The van der Waals surface area contributed by atoms with Crippen LogP contribution in [0.4, 0.5) is 10.1 Å². The number of rotatable bonds is 7. The van der Waals surface area contributed by atoms with Crippen molar-refractivity contribution in [3.8, 4) is 11.1 Å². The number of anilines is 1. The molecule has 1 atom stereocenters. The molecule has 4 rings (SSSR count). The molecule has 0 unspecified atom stereocenters. The Kier molecular flexibility index (Phi) is 6.38. The molecule has 3 aromatic heterocycles. The monoisotopic (exact) mass is 441 g/mol. The van der Waals surface area contributed by atoms with Crippen LogP contribution in [0.25, 0.3) is 16.6 Å². The lowest BCUT2D eigenvalue weighted by atomic mass is 10.0. The lowest BCUT2D eigenvalue weighted by molar-refractivity contribution is -0.00177. The smallest absolute Gasteiger partial charge is 0.255 e. The number of aromatic nitrogens is 3. The molecule has 1 amide bonds. The van der Waals surface area contributed by atoms with Crippen molar-refractivity contribution in [2.75, 3.05) is 25.1 Å². The molecule has 3 aromatic rings. The number of carbonyl (C=O) groups excluding carboxylic acids is 1. The summed E-state index contributed by atoms with van der Waals surface area (Å²) in [5.74, 6) is -0.453. The molecular weight excluding hydrogens is 413 g/mol. The average molecular weight is 442 g/mol. The highest BCUT2D eigenvalue weighted by atomic mass is 19.1. The van der Waals surface area contributed by atoms with Crippen molar-refractivity contribution in [2.45, 2.75) is 44.5 Å². The molecule has 32 heavy (non-hydrogen) atoms. The van der Waals surface area contributed by atoms with E-state index in [2.05, 4.69) is 20.7 Å². The Balaban J connectivity index is 1.68. The van der Waals surface area contributed by atoms with Gasteiger partial charge < -0.3 is 20.5 Å². The molecule has 9 heteroatoms. The number of alkyl halides is 1. The van der Waals surface area contributed by atoms with Gasteiger partial charge in [0.05, 0.1) is 35.1 Å². The number of pyridine rings is 1. The van der Waals surface area contributed by atoms with Crippen LogP contribution >= 0.6 is 0 Å². The lowest BCUT2D eigenvalue weighted by Gasteiger charge is -2.26. The van der Waals surface area contributed by atoms with Crippen LogP contribution in [-0.4, -0.2) is 63.2 Å². The van der Waals surface area contributed by atoms with Gasteiger partial charge in [-0.2, -0.15) is 5.10 Å². The first-order valence-electron chi connectivity index (χ1n) is 10.7. The SMILES string of the molecule is CC(C)(O)[C@H](F)CNC(=O)c1cnn2cc(-c3cccnc3)cc2c1NC1CCOCC1. The zero-order valence-corrected chi connectivity index (χ0v) is 18.2. The number of ether oxygens (including phenoxy) is 1. The maximum atomic E-state index is 14.2. The predicted octanol–water partition coefficient (Wildman–Crippen LogP) is 2.83. The van der Waals surface area contributed by atoms with Gasteiger partial charge in [0, 0.05) is 49.0 Å². The van der Waals surface area contributed by atoms with Crippen LogP contribution in [0.1, 0.15) is 37.0 Å². The zero-order chi connectivity index (χ0) is 22.7. The molecule has 1 fully saturated rings. The molecule has 1 aliphatic rings. The van der Waals surface area contributed by atoms with E-state index in [0.717, 1.165) is 29.5 Å². The van der Waals surface area contributed by atoms with E-state index >= 15 is 0 Å². The van der Waals surface area contributed by atoms with Crippen molar-refractivity contribution in [3.63, 3.8) is 0 Å². The Morgan fingerprint density at radius 3 is 2.81 bits per heavy atom. The van der Waals surface area contributed by atoms with Gasteiger partial charge in [0.1, 0.15) is 6.17 Å². The predicted molar refractivity (Wildman–Crippen MR) is 119 cm³/mol. The number of halogens is 1. The van der Waals surface area contributed by atoms with E-state index in [1.807, 2.05) is 24.4 Å². The number of amides is 1. The van der Waals surface area contributed by atoms with Crippen LogP contribution in [0.2, 0.25) is 0 Å². The van der Waals surface area contributed by atoms with E-state index in [9.17, 15) is 14.3 Å². The standard InChI is InChI=1S/C23H28FN5O3/c1-23(2,31)20(24)13-26-22(30)18-12-27-29-14-16(15-4-3-7-25-11-15)10-19(29)21(18)28-17-5-8-32-9-6-17/h3-4,7,10-12,14,17,20,28,31H,5-6,8-9,13H2,1-2H3,(H,26,30)/t20-/m1/s1. The summed E-state index contributed by atoms with van der Waals surface area (Å²) >= 11 is 0. The summed E-state index contributed by atoms with van der Waals surface area (Å²) in [5, 5.41) is 20.3. The van der Waals surface area contributed by atoms with Crippen LogP contribution in [0, 0.1) is 0 Å². The minimum atomic E-state index is -1.60. The Bertz CT molecular complexity index is 1070. The van der Waals surface area contributed by atoms with Crippen molar-refractivity contribution >= 4 is 17.1 Å². The molecular formula is C23H28FN5O3. The second kappa shape index (κ2) is 9.22. The maximum Gasteiger partial charge on any atom is 0.255 e. The van der Waals surface area contributed by atoms with Gasteiger partial charge in [-0.05, 0) is 38.8 Å². The second-order valence-electron chi connectivity index (χ2n) is 8.60. The van der Waals surface area contributed by atoms with Gasteiger partial charge >= 0.3 is 0 Å². The normalized spacial score (nSPS) is 16.1. The molecule has 0 radical (unpaired) electrons. The van der Waals surface area contributed by atoms with E-state index in [1.54, 1.807) is 16.9 Å². The van der Waals surface area contributed by atoms with Gasteiger partial charge in [0.2, 0.25) is 0 Å². The van der Waals surface area contributed by atoms with Crippen molar-refractivity contribution in [1.29, 1.82) is 0 Å². The fourth-order valence-electron chi connectivity index (χ4n) is 3.65. The number of fused-ring (bicyclic) bond motifs is 1. The van der Waals surface area contributed by atoms with Gasteiger partial charge in [-0.1, -0.05) is 6.07 Å². The molecule has 1 saturated heterocycles. The fourth-order valence-corrected chi connectivity index (χ4v) is 3.65. The van der Waals surface area contributed by atoms with Gasteiger partial charge in [-0.15, -0.1) is 0 Å². The van der Waals surface area contributed by atoms with Gasteiger partial charge in [-0.25, -0.2) is 8.91 Å². The first-order valence-corrected chi connectivity index (χ1v) is 10.7. The molecule has 0 aromatic carbocycles. The summed E-state index contributed by atoms with van der Waals surface area (Å²) in [6, 6.07) is 5.92. The van der Waals surface area contributed by atoms with Crippen molar-refractivity contribution in [2.24, 2.45) is 0 Å². The molecule has 0 bridgehead atoms. The summed E-state index contributed by atoms with van der Waals surface area (Å²) in [7, 11) is 0. The highest BCUT2D eigenvalue weighted by Crippen LogP contribution is 2.30. The fraction of sp³-hybridized carbons (Fsp3) is 0.435. The molecule has 8 nitrogen and oxygen atoms in total. The van der Waals surface area contributed by atoms with E-state index < -0.39 is 17.7 Å². The van der Waals surface area contributed by atoms with Crippen LogP contribution in [0.5, 0.6) is 0 Å². The minimum Gasteiger partial charge on any atom is -0.387 e. The minimum absolute atomic E-state index is 0.142. The van der Waals surface area contributed by atoms with Crippen molar-refractivity contribution in [1.82, 2.24) is 19.9 Å². The number of nitrogens with one attached hydrogen (secondary N) is 2. The van der Waals surface area contributed by atoms with Crippen LogP contribution < -0.4 is 10.6 Å². The van der Waals surface area contributed by atoms with Crippen LogP contribution in [0.15, 0.2) is 43.0 Å². The number of hydrogen-bond donors (Lipinski definition) is 3. The number of aliphatic hydroxyl groups is 1. The third-order valence-corrected chi connectivity index (χ3v) is 5.65. The topological polar surface area (TPSA) is 101 Å². The maximum absolute atomic E-state index is 14.2. The van der Waals surface area contributed by atoms with Crippen LogP contribution in [-0.2, 0) is 4.74 Å². The first kappa shape index (κ1) is 22.2. The average Bonchev–Trinajstić information content (AvgIpc) is 3.23. The van der Waals surface area contributed by atoms with E-state index in [1.165, 1.54) is 20.0 Å². The Morgan fingerprint density at radius 1 is 1.34 bits per heavy atom. The quantitative estimate of drug-likeness (QED) is 0.521. The van der Waals surface area contributed by atoms with E-state index in [0.29, 0.717) is 24.5 Å². The summed E-state index contributed by atoms with van der Waals surface area (Å²) in [6.45, 7) is 3.74. The Hall–Kier alpha value is -3.04. The number of nitrogens with zero attached hydrogens (tertiary/aromatic N) is 3. The molecule has 170 valence electrons. The van der Waals surface area contributed by atoms with Crippen molar-refractivity contribution in [3.05, 3.63) is 48.5 Å². The van der Waals surface area contributed by atoms with Crippen molar-refractivity contribution < 1.29 is 19.0 Å². The van der Waals surface area contributed by atoms with E-state index in [-0.39, 0.29) is 12.6 Å². The summed E-state index contributed by atoms with van der Waals surface area (Å²) in [4.78, 5) is 17.2. The molecule has 0 aliphatic carbocycles. The Morgan fingerprint density at radius 2 is 2.12 bits per heavy atom. The third kappa shape index (κ3) is 4.89. The first-order chi connectivity index (χ1) is 15.3. The lowest BCUT2D eigenvalue weighted by Crippen LogP contribution is -2.42. The second-order valence-corrected chi connectivity index (χ2v) is 8.60. The van der Waals surface area contributed by atoms with Gasteiger partial charge in [-0.3, -0.25) is 9.78 Å². The molecule has 1 aliphatic heterocycles. The molecule has 3 N–H and O–H groups in total. The van der Waals surface area contributed by atoms with Gasteiger partial charge in [0.15, 0.2) is 0 Å². The zero-order valence-electron chi connectivity index (χ0n) is 18.2. The van der Waals surface area contributed by atoms with Crippen LogP contribution in [0.3, 0.4) is 0 Å². The Labute approximate surface area is 185 Å². The largest absolute Gasteiger partial charge is 0.387 e. The summed E-state index contributed by atoms with van der Waals surface area (Å²) in [5.41, 5.74) is 2.01. The summed E-state index contributed by atoms with van der Waals surface area (Å²) < 4.78 is 21.4. The highest BCUT2D eigenvalue weighted by Gasteiger charge is 2.28. The van der Waals surface area contributed by atoms with E-state index in [4.69, 9.17) is 4.74 Å². The molecule has 0 saturated carbocycles. The number of hydrogen-bond acceptors (Lipinski definition) is 6. The molecule has 0 spiro atoms. The molecule has 4 heterocycles. The highest BCUT2D eigenvalue weighted by molar-refractivity contribution is 6.03.